The third-order valence-electron chi connectivity index (χ3n) is 6.09. The molecule has 0 amide bonds. The molecule has 0 saturated heterocycles. The molecule has 2 aromatic rings. The highest BCUT2D eigenvalue weighted by molar-refractivity contribution is 6.09. The maximum atomic E-state index is 13.4. The summed E-state index contributed by atoms with van der Waals surface area (Å²) in [5.41, 5.74) is 4.17. The van der Waals surface area contributed by atoms with Crippen molar-refractivity contribution in [3.8, 4) is 5.75 Å². The molecule has 1 aliphatic heterocycles. The highest BCUT2D eigenvalue weighted by Gasteiger charge is 2.44. The molecule has 0 saturated carbocycles. The van der Waals surface area contributed by atoms with E-state index >= 15 is 0 Å². The second-order valence-electron chi connectivity index (χ2n) is 7.80. The van der Waals surface area contributed by atoms with Gasteiger partial charge < -0.3 is 9.47 Å². The predicted octanol–water partition coefficient (Wildman–Crippen LogP) is 4.44. The molecule has 154 valence electrons. The van der Waals surface area contributed by atoms with Crippen molar-refractivity contribution in [3.05, 3.63) is 77.0 Å². The van der Waals surface area contributed by atoms with Gasteiger partial charge in [0.05, 0.1) is 14.2 Å². The SMILES string of the molecule is COC(=O)C1C(C)=NC2=C(C(=O)C[C@H](c3ccc(OC)cc3)C2)[C@H]1c1ccccc1. The van der Waals surface area contributed by atoms with Gasteiger partial charge in [-0.2, -0.15) is 0 Å². The monoisotopic (exact) mass is 403 g/mol. The molecule has 30 heavy (non-hydrogen) atoms. The van der Waals surface area contributed by atoms with Gasteiger partial charge in [-0.1, -0.05) is 42.5 Å². The molecular formula is C25H25NO4. The van der Waals surface area contributed by atoms with Gasteiger partial charge in [0, 0.05) is 29.3 Å². The molecule has 5 nitrogen and oxygen atoms in total. The second-order valence-corrected chi connectivity index (χ2v) is 7.80. The number of ketones is 1. The second kappa shape index (κ2) is 8.27. The maximum Gasteiger partial charge on any atom is 0.315 e. The number of nitrogens with zero attached hydrogens (tertiary/aromatic N) is 1. The van der Waals surface area contributed by atoms with Gasteiger partial charge in [-0.15, -0.1) is 0 Å². The van der Waals surface area contributed by atoms with Gasteiger partial charge >= 0.3 is 5.97 Å². The number of methoxy groups -OCH3 is 2. The van der Waals surface area contributed by atoms with E-state index in [4.69, 9.17) is 14.5 Å². The van der Waals surface area contributed by atoms with Crippen molar-refractivity contribution in [2.24, 2.45) is 10.9 Å². The van der Waals surface area contributed by atoms with Crippen LogP contribution < -0.4 is 4.74 Å². The fourth-order valence-electron chi connectivity index (χ4n) is 4.62. The standard InChI is InChI=1S/C25H25NO4/c1-15-22(25(28)30-3)23(17-7-5-4-6-8-17)24-20(26-15)13-18(14-21(24)27)16-9-11-19(29-2)12-10-16/h4-12,18,22-23H,13-14H2,1-3H3/t18-,22?,23+/m1/s1. The van der Waals surface area contributed by atoms with Crippen LogP contribution in [0.4, 0.5) is 0 Å². The molecule has 0 N–H and O–H groups in total. The lowest BCUT2D eigenvalue weighted by Gasteiger charge is -2.36. The minimum Gasteiger partial charge on any atom is -0.497 e. The number of hydrogen-bond donors (Lipinski definition) is 0. The van der Waals surface area contributed by atoms with E-state index in [1.54, 1.807) is 7.11 Å². The Labute approximate surface area is 176 Å². The van der Waals surface area contributed by atoms with Crippen molar-refractivity contribution in [1.82, 2.24) is 0 Å². The number of allylic oxidation sites excluding steroid dienone is 2. The normalized spacial score (nSPS) is 23.5. The zero-order chi connectivity index (χ0) is 21.3. The molecule has 1 unspecified atom stereocenters. The molecule has 0 bridgehead atoms. The van der Waals surface area contributed by atoms with Gasteiger partial charge in [-0.3, -0.25) is 14.6 Å². The summed E-state index contributed by atoms with van der Waals surface area (Å²) in [7, 11) is 3.02. The van der Waals surface area contributed by atoms with Crippen molar-refractivity contribution >= 4 is 17.5 Å². The Hall–Kier alpha value is -3.21. The summed E-state index contributed by atoms with van der Waals surface area (Å²) in [6.07, 6.45) is 1.07. The first-order chi connectivity index (χ1) is 14.5. The summed E-state index contributed by atoms with van der Waals surface area (Å²) in [6.45, 7) is 1.85. The Balaban J connectivity index is 1.76. The van der Waals surface area contributed by atoms with Gasteiger partial charge in [-0.05, 0) is 42.5 Å². The molecule has 0 aromatic heterocycles. The Morgan fingerprint density at radius 1 is 0.967 bits per heavy atom. The number of esters is 1. The lowest BCUT2D eigenvalue weighted by molar-refractivity contribution is -0.143. The molecule has 3 atom stereocenters. The molecule has 2 aromatic carbocycles. The van der Waals surface area contributed by atoms with Crippen LogP contribution in [-0.4, -0.2) is 31.7 Å². The Kier molecular flexibility index (Phi) is 5.53. The van der Waals surface area contributed by atoms with Crippen molar-refractivity contribution in [3.63, 3.8) is 0 Å². The lowest BCUT2D eigenvalue weighted by Crippen LogP contribution is -2.37. The molecular weight excluding hydrogens is 378 g/mol. The van der Waals surface area contributed by atoms with Crippen LogP contribution in [0.3, 0.4) is 0 Å². The van der Waals surface area contributed by atoms with E-state index in [1.165, 1.54) is 7.11 Å². The number of ether oxygens (including phenoxy) is 2. The summed E-state index contributed by atoms with van der Waals surface area (Å²) in [6, 6.07) is 17.6. The zero-order valence-corrected chi connectivity index (χ0v) is 17.4. The van der Waals surface area contributed by atoms with Crippen LogP contribution in [0.25, 0.3) is 0 Å². The largest absolute Gasteiger partial charge is 0.497 e. The number of rotatable bonds is 4. The van der Waals surface area contributed by atoms with E-state index in [-0.39, 0.29) is 23.6 Å². The predicted molar refractivity (Wildman–Crippen MR) is 115 cm³/mol. The van der Waals surface area contributed by atoms with Gasteiger partial charge in [0.15, 0.2) is 5.78 Å². The Morgan fingerprint density at radius 2 is 1.67 bits per heavy atom. The van der Waals surface area contributed by atoms with Gasteiger partial charge in [0.1, 0.15) is 11.7 Å². The first-order valence-electron chi connectivity index (χ1n) is 10.1. The molecule has 1 heterocycles. The van der Waals surface area contributed by atoms with E-state index in [1.807, 2.05) is 61.5 Å². The molecule has 1 aliphatic carbocycles. The topological polar surface area (TPSA) is 65.0 Å². The number of aliphatic imine (C=N–C) groups is 1. The number of benzene rings is 2. The first-order valence-corrected chi connectivity index (χ1v) is 10.1. The number of carbonyl (C=O) groups excluding carboxylic acids is 2. The number of Topliss-reactive ketones (excluding diaryl/α,β-unsaturated/α-hetero) is 1. The third kappa shape index (κ3) is 3.56. The van der Waals surface area contributed by atoms with E-state index < -0.39 is 5.92 Å². The van der Waals surface area contributed by atoms with Gasteiger partial charge in [0.2, 0.25) is 0 Å². The minimum absolute atomic E-state index is 0.0519. The van der Waals surface area contributed by atoms with E-state index in [0.29, 0.717) is 24.1 Å². The van der Waals surface area contributed by atoms with Crippen molar-refractivity contribution in [2.45, 2.75) is 31.6 Å². The highest BCUT2D eigenvalue weighted by Crippen LogP contribution is 2.46. The third-order valence-corrected chi connectivity index (χ3v) is 6.09. The van der Waals surface area contributed by atoms with Crippen LogP contribution >= 0.6 is 0 Å². The van der Waals surface area contributed by atoms with E-state index in [9.17, 15) is 9.59 Å². The summed E-state index contributed by atoms with van der Waals surface area (Å²) in [5.74, 6) is -0.409. The lowest BCUT2D eigenvalue weighted by atomic mass is 9.69. The van der Waals surface area contributed by atoms with Gasteiger partial charge in [-0.25, -0.2) is 0 Å². The Bertz CT molecular complexity index is 1020. The highest BCUT2D eigenvalue weighted by atomic mass is 16.5. The van der Waals surface area contributed by atoms with Crippen LogP contribution in [0.2, 0.25) is 0 Å². The Morgan fingerprint density at radius 3 is 2.30 bits per heavy atom. The molecule has 0 fully saturated rings. The quantitative estimate of drug-likeness (QED) is 0.708. The number of carbonyl (C=O) groups is 2. The van der Waals surface area contributed by atoms with Crippen LogP contribution in [0.5, 0.6) is 5.75 Å². The average Bonchev–Trinajstić information content (AvgIpc) is 2.78. The first kappa shape index (κ1) is 20.1. The fourth-order valence-corrected chi connectivity index (χ4v) is 4.62. The van der Waals surface area contributed by atoms with Crippen molar-refractivity contribution < 1.29 is 19.1 Å². The van der Waals surface area contributed by atoms with Crippen molar-refractivity contribution in [1.29, 1.82) is 0 Å². The molecule has 0 radical (unpaired) electrons. The molecule has 0 spiro atoms. The summed E-state index contributed by atoms with van der Waals surface area (Å²) in [5, 5.41) is 0. The summed E-state index contributed by atoms with van der Waals surface area (Å²) in [4.78, 5) is 30.8. The van der Waals surface area contributed by atoms with Crippen LogP contribution in [0.1, 0.15) is 42.7 Å². The maximum absolute atomic E-state index is 13.4. The van der Waals surface area contributed by atoms with E-state index in [0.717, 1.165) is 22.6 Å². The zero-order valence-electron chi connectivity index (χ0n) is 17.4. The fraction of sp³-hybridized carbons (Fsp3) is 0.320. The van der Waals surface area contributed by atoms with E-state index in [2.05, 4.69) is 0 Å². The summed E-state index contributed by atoms with van der Waals surface area (Å²) < 4.78 is 10.3. The average molecular weight is 403 g/mol. The van der Waals surface area contributed by atoms with Gasteiger partial charge in [0.25, 0.3) is 0 Å². The number of hydrogen-bond acceptors (Lipinski definition) is 5. The molecule has 4 rings (SSSR count). The minimum atomic E-state index is -0.586. The van der Waals surface area contributed by atoms with Crippen LogP contribution in [-0.2, 0) is 14.3 Å². The molecule has 2 aliphatic rings. The van der Waals surface area contributed by atoms with Crippen molar-refractivity contribution in [2.75, 3.05) is 14.2 Å². The smallest absolute Gasteiger partial charge is 0.315 e. The van der Waals surface area contributed by atoms with Crippen LogP contribution in [0.15, 0.2) is 70.9 Å². The summed E-state index contributed by atoms with van der Waals surface area (Å²) >= 11 is 0. The molecule has 5 heteroatoms. The van der Waals surface area contributed by atoms with Crippen LogP contribution in [0, 0.1) is 5.92 Å².